The van der Waals surface area contributed by atoms with Gasteiger partial charge in [0.15, 0.2) is 5.16 Å². The van der Waals surface area contributed by atoms with Crippen LogP contribution in [0.5, 0.6) is 0 Å². The van der Waals surface area contributed by atoms with Crippen molar-refractivity contribution in [3.63, 3.8) is 0 Å². The standard InChI is InChI=1S/C14H19N3S/c1-2-3-4-5-6-9-18-14-16-12-8-7-11(15)10-13(12)17-14/h2,7-8,10H,1,3-6,9,15H2,(H,16,17). The molecular formula is C14H19N3S. The fourth-order valence-electron chi connectivity index (χ4n) is 1.81. The third-order valence-corrected chi connectivity index (χ3v) is 3.74. The highest BCUT2D eigenvalue weighted by molar-refractivity contribution is 7.99. The Bertz CT molecular complexity index is 519. The van der Waals surface area contributed by atoms with Crippen LogP contribution in [0.15, 0.2) is 36.0 Å². The minimum atomic E-state index is 0.770. The van der Waals surface area contributed by atoms with Crippen LogP contribution in [0.1, 0.15) is 25.7 Å². The van der Waals surface area contributed by atoms with E-state index in [1.54, 1.807) is 11.8 Å². The molecule has 96 valence electrons. The summed E-state index contributed by atoms with van der Waals surface area (Å²) in [4.78, 5) is 7.82. The summed E-state index contributed by atoms with van der Waals surface area (Å²) in [5.41, 5.74) is 8.51. The number of nitrogens with zero attached hydrogens (tertiary/aromatic N) is 1. The molecule has 0 aliphatic heterocycles. The molecule has 0 bridgehead atoms. The number of fused-ring (bicyclic) bond motifs is 1. The van der Waals surface area contributed by atoms with Gasteiger partial charge in [-0.25, -0.2) is 4.98 Å². The molecule has 2 aromatic rings. The van der Waals surface area contributed by atoms with Crippen LogP contribution in [0.25, 0.3) is 11.0 Å². The van der Waals surface area contributed by atoms with E-state index in [9.17, 15) is 0 Å². The number of nitrogen functional groups attached to an aromatic ring is 1. The van der Waals surface area contributed by atoms with Gasteiger partial charge in [-0.3, -0.25) is 0 Å². The van der Waals surface area contributed by atoms with E-state index in [2.05, 4.69) is 16.5 Å². The first-order valence-electron chi connectivity index (χ1n) is 6.28. The van der Waals surface area contributed by atoms with Crippen LogP contribution in [0.2, 0.25) is 0 Å². The summed E-state index contributed by atoms with van der Waals surface area (Å²) in [5, 5.41) is 0.985. The van der Waals surface area contributed by atoms with Gasteiger partial charge in [-0.2, -0.15) is 0 Å². The van der Waals surface area contributed by atoms with Crippen molar-refractivity contribution in [2.45, 2.75) is 30.8 Å². The smallest absolute Gasteiger partial charge is 0.166 e. The molecule has 1 heterocycles. The summed E-state index contributed by atoms with van der Waals surface area (Å²) in [6, 6.07) is 5.76. The normalized spacial score (nSPS) is 10.9. The lowest BCUT2D eigenvalue weighted by Gasteiger charge is -1.97. The highest BCUT2D eigenvalue weighted by Crippen LogP contribution is 2.22. The molecule has 1 aromatic heterocycles. The summed E-state index contributed by atoms with van der Waals surface area (Å²) in [6.07, 6.45) is 6.82. The van der Waals surface area contributed by atoms with Crippen LogP contribution < -0.4 is 5.73 Å². The second kappa shape index (κ2) is 6.50. The number of rotatable bonds is 7. The number of imidazole rings is 1. The topological polar surface area (TPSA) is 54.7 Å². The lowest BCUT2D eigenvalue weighted by molar-refractivity contribution is 0.734. The second-order valence-electron chi connectivity index (χ2n) is 4.31. The molecule has 0 saturated carbocycles. The van der Waals surface area contributed by atoms with E-state index in [1.807, 2.05) is 24.3 Å². The van der Waals surface area contributed by atoms with Gasteiger partial charge < -0.3 is 10.7 Å². The Morgan fingerprint density at radius 1 is 1.33 bits per heavy atom. The SMILES string of the molecule is C=CCCCCCSc1nc2ccc(N)cc2[nH]1. The van der Waals surface area contributed by atoms with Gasteiger partial charge in [0.25, 0.3) is 0 Å². The Hall–Kier alpha value is -1.42. The van der Waals surface area contributed by atoms with Crippen molar-refractivity contribution in [3.8, 4) is 0 Å². The first-order valence-corrected chi connectivity index (χ1v) is 7.27. The summed E-state index contributed by atoms with van der Waals surface area (Å²) in [5.74, 6) is 1.10. The van der Waals surface area contributed by atoms with E-state index in [-0.39, 0.29) is 0 Å². The quantitative estimate of drug-likeness (QED) is 0.343. The fourth-order valence-corrected chi connectivity index (χ4v) is 2.70. The number of hydrogen-bond donors (Lipinski definition) is 2. The van der Waals surface area contributed by atoms with Crippen LogP contribution in [0.4, 0.5) is 5.69 Å². The molecule has 3 N–H and O–H groups in total. The van der Waals surface area contributed by atoms with Crippen LogP contribution in [0, 0.1) is 0 Å². The number of H-pyrrole nitrogens is 1. The zero-order valence-corrected chi connectivity index (χ0v) is 11.3. The third-order valence-electron chi connectivity index (χ3n) is 2.78. The molecule has 0 unspecified atom stereocenters. The molecule has 0 amide bonds. The van der Waals surface area contributed by atoms with Crippen molar-refractivity contribution >= 4 is 28.5 Å². The maximum absolute atomic E-state index is 5.74. The lowest BCUT2D eigenvalue weighted by atomic mass is 10.2. The summed E-state index contributed by atoms with van der Waals surface area (Å²) >= 11 is 1.78. The van der Waals surface area contributed by atoms with Gasteiger partial charge in [-0.15, -0.1) is 6.58 Å². The summed E-state index contributed by atoms with van der Waals surface area (Å²) in [7, 11) is 0. The van der Waals surface area contributed by atoms with E-state index >= 15 is 0 Å². The first-order chi connectivity index (χ1) is 8.79. The Balaban J connectivity index is 1.82. The van der Waals surface area contributed by atoms with Crippen LogP contribution in [-0.4, -0.2) is 15.7 Å². The average Bonchev–Trinajstić information content (AvgIpc) is 2.75. The summed E-state index contributed by atoms with van der Waals surface area (Å²) < 4.78 is 0. The zero-order valence-electron chi connectivity index (χ0n) is 10.5. The third kappa shape index (κ3) is 3.53. The Labute approximate surface area is 112 Å². The number of aromatic nitrogens is 2. The Kier molecular flexibility index (Phi) is 4.70. The van der Waals surface area contributed by atoms with Crippen molar-refractivity contribution in [3.05, 3.63) is 30.9 Å². The molecule has 0 spiro atoms. The first kappa shape index (κ1) is 13.0. The van der Waals surface area contributed by atoms with E-state index in [4.69, 9.17) is 5.73 Å². The average molecular weight is 261 g/mol. The van der Waals surface area contributed by atoms with Gasteiger partial charge >= 0.3 is 0 Å². The van der Waals surface area contributed by atoms with E-state index in [0.717, 1.165) is 34.1 Å². The van der Waals surface area contributed by atoms with Crippen molar-refractivity contribution < 1.29 is 0 Å². The molecule has 0 aliphatic rings. The van der Waals surface area contributed by atoms with Crippen molar-refractivity contribution in [1.82, 2.24) is 9.97 Å². The molecule has 18 heavy (non-hydrogen) atoms. The van der Waals surface area contributed by atoms with Crippen molar-refractivity contribution in [2.24, 2.45) is 0 Å². The highest BCUT2D eigenvalue weighted by atomic mass is 32.2. The Morgan fingerprint density at radius 3 is 3.06 bits per heavy atom. The number of hydrogen-bond acceptors (Lipinski definition) is 3. The van der Waals surface area contributed by atoms with Gasteiger partial charge in [0.05, 0.1) is 11.0 Å². The van der Waals surface area contributed by atoms with Gasteiger partial charge in [0.1, 0.15) is 0 Å². The monoisotopic (exact) mass is 261 g/mol. The number of thioether (sulfide) groups is 1. The van der Waals surface area contributed by atoms with Gasteiger partial charge in [-0.05, 0) is 37.5 Å². The lowest BCUT2D eigenvalue weighted by Crippen LogP contribution is -1.82. The minimum absolute atomic E-state index is 0.770. The number of nitrogens with one attached hydrogen (secondary N) is 1. The van der Waals surface area contributed by atoms with Gasteiger partial charge in [0.2, 0.25) is 0 Å². The fraction of sp³-hybridized carbons (Fsp3) is 0.357. The van der Waals surface area contributed by atoms with Crippen LogP contribution in [-0.2, 0) is 0 Å². The molecule has 0 saturated heterocycles. The molecule has 3 nitrogen and oxygen atoms in total. The number of nitrogens with two attached hydrogens (primary N) is 1. The van der Waals surface area contributed by atoms with Gasteiger partial charge in [-0.1, -0.05) is 24.3 Å². The van der Waals surface area contributed by atoms with E-state index in [1.165, 1.54) is 19.3 Å². The number of anilines is 1. The maximum atomic E-state index is 5.74. The Morgan fingerprint density at radius 2 is 2.22 bits per heavy atom. The van der Waals surface area contributed by atoms with Gasteiger partial charge in [0, 0.05) is 11.4 Å². The van der Waals surface area contributed by atoms with Crippen molar-refractivity contribution in [1.29, 1.82) is 0 Å². The second-order valence-corrected chi connectivity index (χ2v) is 5.39. The van der Waals surface area contributed by atoms with Crippen LogP contribution in [0.3, 0.4) is 0 Å². The zero-order chi connectivity index (χ0) is 12.8. The molecule has 4 heteroatoms. The minimum Gasteiger partial charge on any atom is -0.399 e. The number of aromatic amines is 1. The number of unbranched alkanes of at least 4 members (excludes halogenated alkanes) is 3. The van der Waals surface area contributed by atoms with Crippen molar-refractivity contribution in [2.75, 3.05) is 11.5 Å². The van der Waals surface area contributed by atoms with E-state index < -0.39 is 0 Å². The molecular weight excluding hydrogens is 242 g/mol. The predicted molar refractivity (Wildman–Crippen MR) is 79.9 cm³/mol. The van der Waals surface area contributed by atoms with E-state index in [0.29, 0.717) is 0 Å². The predicted octanol–water partition coefficient (Wildman–Crippen LogP) is 3.98. The number of allylic oxidation sites excluding steroid dienone is 1. The highest BCUT2D eigenvalue weighted by Gasteiger charge is 2.03. The largest absolute Gasteiger partial charge is 0.399 e. The molecule has 0 atom stereocenters. The molecule has 2 rings (SSSR count). The molecule has 0 aliphatic carbocycles. The number of benzene rings is 1. The molecule has 0 radical (unpaired) electrons. The van der Waals surface area contributed by atoms with Crippen LogP contribution >= 0.6 is 11.8 Å². The summed E-state index contributed by atoms with van der Waals surface area (Å²) in [6.45, 7) is 3.73. The molecule has 1 aromatic carbocycles. The maximum Gasteiger partial charge on any atom is 0.166 e. The molecule has 0 fully saturated rings.